The standard InChI is InChI=1S/C25H28ClI2N5O/c1-25(17-27,32-28)20-6-4-19(5-7-20)23-22(26)16-29-24(31-23)30-21-8-2-18(3-9-21)10-11-33-12-14-34-15-13-33/h2-9,16,32H,10-15,17H2,1H3,(H,29,30,31). The van der Waals surface area contributed by atoms with Crippen LogP contribution in [0.15, 0.2) is 54.7 Å². The molecule has 180 valence electrons. The molecule has 2 heterocycles. The predicted molar refractivity (Wildman–Crippen MR) is 157 cm³/mol. The minimum atomic E-state index is -0.0871. The molecule has 0 aliphatic carbocycles. The van der Waals surface area contributed by atoms with Crippen molar-refractivity contribution < 1.29 is 4.74 Å². The molecule has 1 aliphatic rings. The topological polar surface area (TPSA) is 62.3 Å². The Labute approximate surface area is 233 Å². The van der Waals surface area contributed by atoms with Gasteiger partial charge in [0.05, 0.1) is 35.7 Å². The normalized spacial score (nSPS) is 16.2. The van der Waals surface area contributed by atoms with E-state index >= 15 is 0 Å². The van der Waals surface area contributed by atoms with Gasteiger partial charge in [0.1, 0.15) is 0 Å². The van der Waals surface area contributed by atoms with Gasteiger partial charge in [-0.3, -0.25) is 8.43 Å². The van der Waals surface area contributed by atoms with Crippen molar-refractivity contribution in [2.24, 2.45) is 0 Å². The van der Waals surface area contributed by atoms with Crippen molar-refractivity contribution in [2.75, 3.05) is 42.6 Å². The van der Waals surface area contributed by atoms with Gasteiger partial charge in [-0.05, 0) is 36.6 Å². The summed E-state index contributed by atoms with van der Waals surface area (Å²) in [5.74, 6) is 0.524. The number of rotatable bonds is 9. The van der Waals surface area contributed by atoms with Crippen LogP contribution in [0.5, 0.6) is 0 Å². The molecule has 1 aromatic heterocycles. The van der Waals surface area contributed by atoms with E-state index in [9.17, 15) is 0 Å². The summed E-state index contributed by atoms with van der Waals surface area (Å²) in [6, 6.07) is 16.8. The first-order valence-corrected chi connectivity index (χ1v) is 14.2. The van der Waals surface area contributed by atoms with Crippen LogP contribution >= 0.6 is 57.1 Å². The monoisotopic (exact) mass is 703 g/mol. The molecule has 0 bridgehead atoms. The van der Waals surface area contributed by atoms with E-state index in [1.54, 1.807) is 6.20 Å². The molecule has 6 nitrogen and oxygen atoms in total. The minimum absolute atomic E-state index is 0.0871. The third-order valence-corrected chi connectivity index (χ3v) is 9.04. The van der Waals surface area contributed by atoms with Crippen LogP contribution in [0.25, 0.3) is 11.3 Å². The first kappa shape index (κ1) is 26.0. The van der Waals surface area contributed by atoms with Crippen LogP contribution in [0.2, 0.25) is 5.02 Å². The van der Waals surface area contributed by atoms with Gasteiger partial charge in [0.25, 0.3) is 0 Å². The Balaban J connectivity index is 1.43. The second kappa shape index (κ2) is 12.3. The van der Waals surface area contributed by atoms with E-state index < -0.39 is 0 Å². The Morgan fingerprint density at radius 1 is 1.09 bits per heavy atom. The summed E-state index contributed by atoms with van der Waals surface area (Å²) >= 11 is 11.1. The Morgan fingerprint density at radius 3 is 2.44 bits per heavy atom. The van der Waals surface area contributed by atoms with Gasteiger partial charge in [-0.25, -0.2) is 9.97 Å². The number of nitrogens with one attached hydrogen (secondary N) is 2. The second-order valence-corrected chi connectivity index (χ2v) is 10.3. The Hall–Kier alpha value is -1.05. The average molecular weight is 704 g/mol. The number of aromatic nitrogens is 2. The molecule has 34 heavy (non-hydrogen) atoms. The molecule has 4 rings (SSSR count). The summed E-state index contributed by atoms with van der Waals surface area (Å²) in [5, 5.41) is 3.84. The Morgan fingerprint density at radius 2 is 1.79 bits per heavy atom. The zero-order valence-corrected chi connectivity index (χ0v) is 24.1. The van der Waals surface area contributed by atoms with Crippen molar-refractivity contribution in [3.8, 4) is 11.3 Å². The maximum absolute atomic E-state index is 6.46. The van der Waals surface area contributed by atoms with E-state index in [0.717, 1.165) is 54.9 Å². The molecule has 0 saturated carbocycles. The Bertz CT molecular complexity index is 1070. The van der Waals surface area contributed by atoms with E-state index in [1.807, 2.05) is 0 Å². The van der Waals surface area contributed by atoms with E-state index in [0.29, 0.717) is 16.7 Å². The van der Waals surface area contributed by atoms with Crippen LogP contribution in [0.3, 0.4) is 0 Å². The molecule has 2 N–H and O–H groups in total. The molecule has 1 atom stereocenters. The van der Waals surface area contributed by atoms with Crippen LogP contribution in [-0.2, 0) is 16.7 Å². The summed E-state index contributed by atoms with van der Waals surface area (Å²) in [6.45, 7) is 6.96. The fourth-order valence-electron chi connectivity index (χ4n) is 3.78. The van der Waals surface area contributed by atoms with Gasteiger partial charge in [-0.15, -0.1) is 0 Å². The number of hydrogen-bond acceptors (Lipinski definition) is 6. The molecule has 0 radical (unpaired) electrons. The number of alkyl halides is 1. The average Bonchev–Trinajstić information content (AvgIpc) is 2.89. The van der Waals surface area contributed by atoms with Crippen LogP contribution < -0.4 is 8.85 Å². The van der Waals surface area contributed by atoms with E-state index in [-0.39, 0.29) is 5.54 Å². The largest absolute Gasteiger partial charge is 0.379 e. The molecule has 9 heteroatoms. The van der Waals surface area contributed by atoms with Gasteiger partial charge in [-0.2, -0.15) is 0 Å². The lowest BCUT2D eigenvalue weighted by Gasteiger charge is -2.26. The van der Waals surface area contributed by atoms with Gasteiger partial charge in [0, 0.05) is 58.2 Å². The maximum atomic E-state index is 6.46. The SMILES string of the molecule is CC(CI)(NI)c1ccc(-c2nc(Nc3ccc(CCN4CCOCC4)cc3)ncc2Cl)cc1. The zero-order valence-electron chi connectivity index (χ0n) is 19.0. The van der Waals surface area contributed by atoms with Crippen LogP contribution in [0.1, 0.15) is 18.1 Å². The quantitative estimate of drug-likeness (QED) is 0.162. The highest BCUT2D eigenvalue weighted by molar-refractivity contribution is 14.1. The zero-order chi connectivity index (χ0) is 24.0. The van der Waals surface area contributed by atoms with Gasteiger partial charge in [-0.1, -0.05) is 70.6 Å². The fraction of sp³-hybridized carbons (Fsp3) is 0.360. The number of morpholine rings is 1. The summed E-state index contributed by atoms with van der Waals surface area (Å²) in [6.07, 6.45) is 2.68. The lowest BCUT2D eigenvalue weighted by atomic mass is 9.94. The molecule has 0 spiro atoms. The third-order valence-electron chi connectivity index (χ3n) is 6.05. The lowest BCUT2D eigenvalue weighted by molar-refractivity contribution is 0.0384. The molecular weight excluding hydrogens is 676 g/mol. The highest BCUT2D eigenvalue weighted by Crippen LogP contribution is 2.30. The van der Waals surface area contributed by atoms with Crippen molar-refractivity contribution in [3.63, 3.8) is 0 Å². The van der Waals surface area contributed by atoms with Crippen molar-refractivity contribution in [2.45, 2.75) is 18.9 Å². The van der Waals surface area contributed by atoms with Crippen molar-refractivity contribution in [3.05, 3.63) is 70.9 Å². The molecule has 1 fully saturated rings. The number of benzene rings is 2. The van der Waals surface area contributed by atoms with E-state index in [4.69, 9.17) is 21.3 Å². The Kier molecular flexibility index (Phi) is 9.39. The molecular formula is C25H28ClI2N5O. The van der Waals surface area contributed by atoms with Crippen LogP contribution in [0, 0.1) is 0 Å². The number of anilines is 2. The van der Waals surface area contributed by atoms with Gasteiger partial charge in [0.15, 0.2) is 0 Å². The van der Waals surface area contributed by atoms with Gasteiger partial charge < -0.3 is 10.1 Å². The van der Waals surface area contributed by atoms with Crippen LogP contribution in [-0.4, -0.2) is 52.1 Å². The maximum Gasteiger partial charge on any atom is 0.227 e. The number of halogens is 3. The van der Waals surface area contributed by atoms with E-state index in [2.05, 4.69) is 120 Å². The predicted octanol–water partition coefficient (Wildman–Crippen LogP) is 6.01. The first-order chi connectivity index (χ1) is 16.5. The number of hydrogen-bond donors (Lipinski definition) is 2. The fourth-order valence-corrected chi connectivity index (χ4v) is 5.84. The number of ether oxygens (including phenoxy) is 1. The highest BCUT2D eigenvalue weighted by atomic mass is 127. The molecule has 3 aromatic rings. The first-order valence-electron chi connectivity index (χ1n) is 11.2. The number of nitrogens with zero attached hydrogens (tertiary/aromatic N) is 3. The summed E-state index contributed by atoms with van der Waals surface area (Å²) in [5.41, 5.74) is 5.07. The summed E-state index contributed by atoms with van der Waals surface area (Å²) in [7, 11) is 0. The molecule has 0 amide bonds. The molecule has 1 saturated heterocycles. The van der Waals surface area contributed by atoms with Gasteiger partial charge >= 0.3 is 0 Å². The van der Waals surface area contributed by atoms with Crippen LogP contribution in [0.4, 0.5) is 11.6 Å². The van der Waals surface area contributed by atoms with Gasteiger partial charge in [0.2, 0.25) is 5.95 Å². The molecule has 1 aliphatic heterocycles. The summed E-state index contributed by atoms with van der Waals surface area (Å²) < 4.78 is 9.76. The highest BCUT2D eigenvalue weighted by Gasteiger charge is 2.23. The molecule has 2 aromatic carbocycles. The van der Waals surface area contributed by atoms with Crippen molar-refractivity contribution in [1.29, 1.82) is 0 Å². The lowest BCUT2D eigenvalue weighted by Crippen LogP contribution is -2.37. The molecule has 1 unspecified atom stereocenters. The van der Waals surface area contributed by atoms with E-state index in [1.165, 1.54) is 11.1 Å². The van der Waals surface area contributed by atoms with Crippen molar-refractivity contribution in [1.82, 2.24) is 18.4 Å². The minimum Gasteiger partial charge on any atom is -0.379 e. The summed E-state index contributed by atoms with van der Waals surface area (Å²) in [4.78, 5) is 11.5. The smallest absolute Gasteiger partial charge is 0.227 e. The second-order valence-electron chi connectivity index (χ2n) is 8.55. The third kappa shape index (κ3) is 6.58. The van der Waals surface area contributed by atoms with Crippen molar-refractivity contribution >= 4 is 68.7 Å².